The summed E-state index contributed by atoms with van der Waals surface area (Å²) < 4.78 is 49.7. The zero-order valence-corrected chi connectivity index (χ0v) is 15.0. The third-order valence-electron chi connectivity index (χ3n) is 3.56. The van der Waals surface area contributed by atoms with Gasteiger partial charge in [0.2, 0.25) is 0 Å². The molecule has 0 saturated heterocycles. The molecular formula is C15H20F3N3O6. The summed E-state index contributed by atoms with van der Waals surface area (Å²) in [6, 6.07) is 0.586. The number of likely N-dealkylation sites (N-methyl/N-ethyl adjacent to an activating group) is 1. The number of halogens is 3. The second-order valence-corrected chi connectivity index (χ2v) is 5.25. The molecule has 0 saturated carbocycles. The lowest BCUT2D eigenvalue weighted by Gasteiger charge is -2.27. The third kappa shape index (κ3) is 5.76. The zero-order valence-electron chi connectivity index (χ0n) is 15.0. The molecule has 152 valence electrons. The summed E-state index contributed by atoms with van der Waals surface area (Å²) >= 11 is 0. The van der Waals surface area contributed by atoms with Crippen LogP contribution in [0.2, 0.25) is 0 Å². The van der Waals surface area contributed by atoms with Crippen molar-refractivity contribution in [3.8, 4) is 0 Å². The summed E-state index contributed by atoms with van der Waals surface area (Å²) in [5.41, 5.74) is -4.01. The second kappa shape index (κ2) is 9.46. The fraction of sp³-hybridized carbons (Fsp3) is 0.600. The van der Waals surface area contributed by atoms with E-state index < -0.39 is 44.9 Å². The molecule has 0 aliphatic heterocycles. The molecule has 0 bridgehead atoms. The lowest BCUT2D eigenvalue weighted by molar-refractivity contribution is -0.393. The molecule has 0 amide bonds. The minimum absolute atomic E-state index is 0.0453. The van der Waals surface area contributed by atoms with E-state index in [9.17, 15) is 33.4 Å². The second-order valence-electron chi connectivity index (χ2n) is 5.25. The fourth-order valence-electron chi connectivity index (χ4n) is 2.45. The van der Waals surface area contributed by atoms with Crippen molar-refractivity contribution in [1.29, 1.82) is 0 Å². The van der Waals surface area contributed by atoms with Gasteiger partial charge in [-0.05, 0) is 20.8 Å². The van der Waals surface area contributed by atoms with Gasteiger partial charge in [-0.3, -0.25) is 20.2 Å². The van der Waals surface area contributed by atoms with E-state index in [2.05, 4.69) is 0 Å². The largest absolute Gasteiger partial charge is 0.416 e. The smallest absolute Gasteiger partial charge is 0.356 e. The van der Waals surface area contributed by atoms with Crippen LogP contribution in [0.25, 0.3) is 0 Å². The summed E-state index contributed by atoms with van der Waals surface area (Å²) in [5, 5.41) is 22.7. The minimum Gasteiger partial charge on any atom is -0.356 e. The Morgan fingerprint density at radius 3 is 1.78 bits per heavy atom. The highest BCUT2D eigenvalue weighted by Gasteiger charge is 2.39. The van der Waals surface area contributed by atoms with Crippen LogP contribution in [-0.4, -0.2) is 42.4 Å². The highest BCUT2D eigenvalue weighted by atomic mass is 19.4. The van der Waals surface area contributed by atoms with E-state index in [0.717, 1.165) is 0 Å². The van der Waals surface area contributed by atoms with Crippen LogP contribution in [0.3, 0.4) is 0 Å². The van der Waals surface area contributed by atoms with Gasteiger partial charge in [0.15, 0.2) is 12.0 Å². The highest BCUT2D eigenvalue weighted by Crippen LogP contribution is 2.43. The van der Waals surface area contributed by atoms with Crippen LogP contribution < -0.4 is 4.90 Å². The van der Waals surface area contributed by atoms with E-state index >= 15 is 0 Å². The molecule has 12 heteroatoms. The first-order valence-electron chi connectivity index (χ1n) is 8.08. The van der Waals surface area contributed by atoms with E-state index in [0.29, 0.717) is 12.1 Å². The molecule has 0 unspecified atom stereocenters. The van der Waals surface area contributed by atoms with Crippen molar-refractivity contribution in [2.24, 2.45) is 0 Å². The van der Waals surface area contributed by atoms with Crippen LogP contribution in [0, 0.1) is 20.2 Å². The molecule has 1 rings (SSSR count). The Kier molecular flexibility index (Phi) is 7.91. The Balaban J connectivity index is 3.56. The van der Waals surface area contributed by atoms with E-state index in [-0.39, 0.29) is 26.3 Å². The molecular weight excluding hydrogens is 375 g/mol. The molecule has 0 atom stereocenters. The van der Waals surface area contributed by atoms with Gasteiger partial charge >= 0.3 is 6.18 Å². The van der Waals surface area contributed by atoms with E-state index in [1.165, 1.54) is 4.90 Å². The predicted octanol–water partition coefficient (Wildman–Crippen LogP) is 3.75. The first kappa shape index (κ1) is 22.6. The standard InChI is InChI=1S/C15H20F3N3O6/c1-4-19(9-13(26-5-2)27-6-3)14-11(20(22)23)7-10(15(16,17)18)8-12(14)21(24)25/h7-8,13H,4-6,9H2,1-3H3. The quantitative estimate of drug-likeness (QED) is 0.337. The third-order valence-corrected chi connectivity index (χ3v) is 3.56. The molecule has 9 nitrogen and oxygen atoms in total. The molecule has 0 fully saturated rings. The van der Waals surface area contributed by atoms with Crippen molar-refractivity contribution < 1.29 is 32.5 Å². The summed E-state index contributed by atoms with van der Waals surface area (Å²) in [6.07, 6.45) is -5.83. The van der Waals surface area contributed by atoms with Gasteiger partial charge in [-0.15, -0.1) is 0 Å². The van der Waals surface area contributed by atoms with Crippen LogP contribution in [0.1, 0.15) is 26.3 Å². The summed E-state index contributed by atoms with van der Waals surface area (Å²) in [7, 11) is 0. The molecule has 0 aliphatic rings. The monoisotopic (exact) mass is 395 g/mol. The molecule has 1 aromatic carbocycles. The van der Waals surface area contributed by atoms with Crippen molar-refractivity contribution >= 4 is 17.1 Å². The SMILES string of the molecule is CCOC(CN(CC)c1c([N+](=O)[O-])cc(C(F)(F)F)cc1[N+](=O)[O-])OCC. The van der Waals surface area contributed by atoms with Gasteiger partial charge in [0.1, 0.15) is 0 Å². The normalized spacial score (nSPS) is 11.7. The Morgan fingerprint density at radius 1 is 1.04 bits per heavy atom. The Hall–Kier alpha value is -2.47. The zero-order chi connectivity index (χ0) is 20.8. The number of ether oxygens (including phenoxy) is 2. The topological polar surface area (TPSA) is 108 Å². The Labute approximate surface area is 153 Å². The van der Waals surface area contributed by atoms with Gasteiger partial charge in [0, 0.05) is 31.9 Å². The number of nitro groups is 2. The van der Waals surface area contributed by atoms with Crippen LogP contribution in [0.4, 0.5) is 30.2 Å². The number of hydrogen-bond donors (Lipinski definition) is 0. The lowest BCUT2D eigenvalue weighted by atomic mass is 10.1. The number of benzene rings is 1. The van der Waals surface area contributed by atoms with Crippen molar-refractivity contribution in [2.45, 2.75) is 33.2 Å². The number of alkyl halides is 3. The van der Waals surface area contributed by atoms with Crippen LogP contribution in [-0.2, 0) is 15.7 Å². The summed E-state index contributed by atoms with van der Waals surface area (Å²) in [6.45, 7) is 5.34. The molecule has 0 heterocycles. The maximum Gasteiger partial charge on any atom is 0.416 e. The van der Waals surface area contributed by atoms with Crippen molar-refractivity contribution in [1.82, 2.24) is 0 Å². The Morgan fingerprint density at radius 2 is 1.48 bits per heavy atom. The first-order valence-corrected chi connectivity index (χ1v) is 8.08. The molecule has 0 aliphatic carbocycles. The fourth-order valence-corrected chi connectivity index (χ4v) is 2.45. The molecule has 0 spiro atoms. The van der Waals surface area contributed by atoms with Gasteiger partial charge in [-0.1, -0.05) is 0 Å². The average molecular weight is 395 g/mol. The van der Waals surface area contributed by atoms with Crippen LogP contribution in [0.15, 0.2) is 12.1 Å². The number of hydrogen-bond acceptors (Lipinski definition) is 7. The Bertz CT molecular complexity index is 642. The number of anilines is 1. The average Bonchev–Trinajstić information content (AvgIpc) is 2.57. The highest BCUT2D eigenvalue weighted by molar-refractivity contribution is 5.76. The van der Waals surface area contributed by atoms with Crippen LogP contribution >= 0.6 is 0 Å². The molecule has 0 N–H and O–H groups in total. The summed E-state index contributed by atoms with van der Waals surface area (Å²) in [5.74, 6) is 0. The van der Waals surface area contributed by atoms with Crippen LogP contribution in [0.5, 0.6) is 0 Å². The van der Waals surface area contributed by atoms with Crippen molar-refractivity contribution in [2.75, 3.05) is 31.2 Å². The van der Waals surface area contributed by atoms with E-state index in [4.69, 9.17) is 9.47 Å². The van der Waals surface area contributed by atoms with Gasteiger partial charge in [-0.2, -0.15) is 13.2 Å². The summed E-state index contributed by atoms with van der Waals surface area (Å²) in [4.78, 5) is 21.8. The lowest BCUT2D eigenvalue weighted by Crippen LogP contribution is -2.36. The van der Waals surface area contributed by atoms with Crippen molar-refractivity contribution in [3.05, 3.63) is 37.9 Å². The van der Waals surface area contributed by atoms with Gasteiger partial charge < -0.3 is 14.4 Å². The van der Waals surface area contributed by atoms with Gasteiger partial charge in [0.25, 0.3) is 11.4 Å². The van der Waals surface area contributed by atoms with Gasteiger partial charge in [0.05, 0.1) is 22.0 Å². The maximum absolute atomic E-state index is 13.0. The van der Waals surface area contributed by atoms with Gasteiger partial charge in [-0.25, -0.2) is 0 Å². The number of nitro benzene ring substituents is 2. The first-order chi connectivity index (χ1) is 12.6. The van der Waals surface area contributed by atoms with Crippen molar-refractivity contribution in [3.63, 3.8) is 0 Å². The molecule has 27 heavy (non-hydrogen) atoms. The molecule has 0 aromatic heterocycles. The number of rotatable bonds is 10. The minimum atomic E-state index is -4.97. The number of nitrogens with zero attached hydrogens (tertiary/aromatic N) is 3. The van der Waals surface area contributed by atoms with E-state index in [1.807, 2.05) is 0 Å². The predicted molar refractivity (Wildman–Crippen MR) is 89.7 cm³/mol. The van der Waals surface area contributed by atoms with E-state index in [1.54, 1.807) is 20.8 Å². The molecule has 1 aromatic rings. The molecule has 0 radical (unpaired) electrons. The maximum atomic E-state index is 13.0.